The number of fused-ring (bicyclic) bond motifs is 7. The monoisotopic (exact) mass is 806 g/mol. The van der Waals surface area contributed by atoms with Gasteiger partial charge in [-0.1, -0.05) is 159 Å². The molecule has 3 heterocycles. The lowest BCUT2D eigenvalue weighted by Crippen LogP contribution is -2.16. The Hall–Kier alpha value is -8.08. The van der Waals surface area contributed by atoms with Gasteiger partial charge in [-0.05, 0) is 106 Å². The van der Waals surface area contributed by atoms with Crippen LogP contribution in [0.2, 0.25) is 0 Å². The van der Waals surface area contributed by atoms with Crippen molar-refractivity contribution >= 4 is 49.9 Å². The summed E-state index contributed by atoms with van der Waals surface area (Å²) in [6.07, 6.45) is 1.87. The number of nitrogens with zero attached hydrogens (tertiary/aromatic N) is 4. The van der Waals surface area contributed by atoms with Crippen molar-refractivity contribution in [3.63, 3.8) is 0 Å². The summed E-state index contributed by atoms with van der Waals surface area (Å²) in [6.45, 7) is 4.69. The number of benzene rings is 8. The first-order valence-electron chi connectivity index (χ1n) is 21.7. The average Bonchev–Trinajstić information content (AvgIpc) is 3.80. The summed E-state index contributed by atoms with van der Waals surface area (Å²) in [5.41, 5.74) is 20.1. The highest BCUT2D eigenvalue weighted by Gasteiger charge is 2.37. The molecule has 0 saturated heterocycles. The van der Waals surface area contributed by atoms with Crippen LogP contribution in [0.4, 0.5) is 17.1 Å². The van der Waals surface area contributed by atoms with Gasteiger partial charge >= 0.3 is 0 Å². The van der Waals surface area contributed by atoms with Gasteiger partial charge in [0.05, 0.1) is 33.6 Å². The Morgan fingerprint density at radius 1 is 0.460 bits per heavy atom. The summed E-state index contributed by atoms with van der Waals surface area (Å²) in [6, 6.07) is 76.5. The van der Waals surface area contributed by atoms with E-state index in [1.807, 2.05) is 12.3 Å². The van der Waals surface area contributed by atoms with Crippen LogP contribution in [-0.4, -0.2) is 14.5 Å². The molecule has 0 aliphatic heterocycles. The Morgan fingerprint density at radius 2 is 1.06 bits per heavy atom. The second kappa shape index (κ2) is 14.5. The van der Waals surface area contributed by atoms with Gasteiger partial charge in [0.2, 0.25) is 0 Å². The minimum atomic E-state index is -0.122. The topological polar surface area (TPSA) is 34.0 Å². The predicted octanol–water partition coefficient (Wildman–Crippen LogP) is 15.5. The minimum Gasteiger partial charge on any atom is -0.310 e. The third-order valence-corrected chi connectivity index (χ3v) is 13.0. The first-order valence-corrected chi connectivity index (χ1v) is 21.7. The molecule has 0 saturated carbocycles. The minimum absolute atomic E-state index is 0.122. The lowest BCUT2D eigenvalue weighted by atomic mass is 9.82. The normalized spacial score (nSPS) is 12.7. The van der Waals surface area contributed by atoms with Crippen molar-refractivity contribution < 1.29 is 0 Å². The molecule has 12 rings (SSSR count). The molecule has 0 fully saturated rings. The van der Waals surface area contributed by atoms with Crippen molar-refractivity contribution in [1.82, 2.24) is 14.5 Å². The van der Waals surface area contributed by atoms with Crippen LogP contribution in [0.15, 0.2) is 219 Å². The summed E-state index contributed by atoms with van der Waals surface area (Å²) >= 11 is 0. The molecular weight excluding hydrogens is 765 g/mol. The van der Waals surface area contributed by atoms with Crippen LogP contribution in [0.3, 0.4) is 0 Å². The number of hydrogen-bond acceptors (Lipinski definition) is 3. The van der Waals surface area contributed by atoms with Crippen LogP contribution in [0, 0.1) is 0 Å². The third-order valence-electron chi connectivity index (χ3n) is 13.0. The number of para-hydroxylation sites is 1. The Morgan fingerprint density at radius 3 is 1.83 bits per heavy atom. The van der Waals surface area contributed by atoms with Gasteiger partial charge in [-0.3, -0.25) is 4.98 Å². The zero-order valence-corrected chi connectivity index (χ0v) is 35.1. The highest BCUT2D eigenvalue weighted by Crippen LogP contribution is 2.54. The maximum atomic E-state index is 5.26. The molecule has 0 spiro atoms. The van der Waals surface area contributed by atoms with Crippen molar-refractivity contribution in [3.8, 4) is 50.3 Å². The number of pyridine rings is 2. The molecule has 0 atom stereocenters. The van der Waals surface area contributed by atoms with Crippen LogP contribution in [0.25, 0.3) is 83.2 Å². The van der Waals surface area contributed by atoms with Crippen LogP contribution < -0.4 is 4.90 Å². The smallest absolute Gasteiger partial charge is 0.113 e. The lowest BCUT2D eigenvalue weighted by Gasteiger charge is -2.29. The maximum Gasteiger partial charge on any atom is 0.113 e. The van der Waals surface area contributed by atoms with E-state index in [0.717, 1.165) is 56.1 Å². The van der Waals surface area contributed by atoms with Crippen molar-refractivity contribution in [3.05, 3.63) is 230 Å². The highest BCUT2D eigenvalue weighted by molar-refractivity contribution is 6.11. The molecule has 1 aliphatic rings. The molecule has 11 aromatic rings. The van der Waals surface area contributed by atoms with Crippen LogP contribution >= 0.6 is 0 Å². The van der Waals surface area contributed by atoms with E-state index in [0.29, 0.717) is 0 Å². The molecule has 63 heavy (non-hydrogen) atoms. The molecule has 0 radical (unpaired) electrons. The lowest BCUT2D eigenvalue weighted by molar-refractivity contribution is 0.660. The SMILES string of the molecule is CC1(C)c2ccccc2-c2c(N(c3ccc(-c4ccccc4)cc3)c3ccc(-c4cc(-n5c6ccccc6c6cc(-c7ccccc7)ccc65)c5ncccc5n4)cc3)cccc21. The number of aromatic nitrogens is 3. The molecule has 4 nitrogen and oxygen atoms in total. The third kappa shape index (κ3) is 5.98. The van der Waals surface area contributed by atoms with E-state index in [1.54, 1.807) is 0 Å². The van der Waals surface area contributed by atoms with Gasteiger partial charge in [-0.2, -0.15) is 0 Å². The predicted molar refractivity (Wildman–Crippen MR) is 262 cm³/mol. The van der Waals surface area contributed by atoms with E-state index in [4.69, 9.17) is 9.97 Å². The van der Waals surface area contributed by atoms with Gasteiger partial charge < -0.3 is 9.47 Å². The average molecular weight is 807 g/mol. The van der Waals surface area contributed by atoms with E-state index < -0.39 is 0 Å². The van der Waals surface area contributed by atoms with Gasteiger partial charge in [0.15, 0.2) is 0 Å². The van der Waals surface area contributed by atoms with E-state index in [-0.39, 0.29) is 5.41 Å². The Balaban J connectivity index is 1.01. The fraction of sp³-hybridized carbons (Fsp3) is 0.0508. The first-order chi connectivity index (χ1) is 31.0. The molecule has 0 amide bonds. The summed E-state index contributed by atoms with van der Waals surface area (Å²) < 4.78 is 2.37. The van der Waals surface area contributed by atoms with E-state index >= 15 is 0 Å². The van der Waals surface area contributed by atoms with Gasteiger partial charge in [-0.15, -0.1) is 0 Å². The van der Waals surface area contributed by atoms with Gasteiger partial charge in [0.1, 0.15) is 5.52 Å². The fourth-order valence-corrected chi connectivity index (χ4v) is 9.97. The molecule has 4 heteroatoms. The standard InChI is InChI=1S/C59H42N4/c1-59(2)49-21-11-9-20-47(49)57-50(59)22-13-25-55(57)62(44-31-26-41(27-32-44)39-15-5-3-6-16-39)45-33-28-42(29-34-45)52-38-56(58-51(61-52)23-14-36-60-58)63-53-24-12-10-19-46(53)48-37-43(30-35-54(48)63)40-17-7-4-8-18-40/h3-38H,1-2H3. The van der Waals surface area contributed by atoms with Crippen LogP contribution in [0.1, 0.15) is 25.0 Å². The summed E-state index contributed by atoms with van der Waals surface area (Å²) in [4.78, 5) is 12.6. The molecule has 298 valence electrons. The quantitative estimate of drug-likeness (QED) is 0.161. The Bertz CT molecular complexity index is 3510. The highest BCUT2D eigenvalue weighted by atomic mass is 15.1. The van der Waals surface area contributed by atoms with Gasteiger partial charge in [0.25, 0.3) is 0 Å². The molecule has 0 bridgehead atoms. The Labute approximate surface area is 367 Å². The zero-order valence-electron chi connectivity index (χ0n) is 35.1. The van der Waals surface area contributed by atoms with Gasteiger partial charge in [0, 0.05) is 44.9 Å². The van der Waals surface area contributed by atoms with Gasteiger partial charge in [-0.25, -0.2) is 4.98 Å². The molecule has 3 aromatic heterocycles. The van der Waals surface area contributed by atoms with Crippen molar-refractivity contribution in [2.45, 2.75) is 19.3 Å². The molecule has 1 aliphatic carbocycles. The summed E-state index contributed by atoms with van der Waals surface area (Å²) in [7, 11) is 0. The molecular formula is C59H42N4. The number of rotatable bonds is 7. The zero-order chi connectivity index (χ0) is 42.1. The Kier molecular flexibility index (Phi) is 8.48. The molecule has 0 N–H and O–H groups in total. The molecule has 8 aromatic carbocycles. The second-order valence-electron chi connectivity index (χ2n) is 17.0. The molecule has 0 unspecified atom stereocenters. The number of anilines is 3. The first kappa shape index (κ1) is 36.7. The van der Waals surface area contributed by atoms with Crippen LogP contribution in [0.5, 0.6) is 0 Å². The van der Waals surface area contributed by atoms with E-state index in [2.05, 4.69) is 230 Å². The maximum absolute atomic E-state index is 5.26. The second-order valence-corrected chi connectivity index (χ2v) is 17.0. The van der Waals surface area contributed by atoms with E-state index in [1.165, 1.54) is 55.3 Å². The number of hydrogen-bond donors (Lipinski definition) is 0. The van der Waals surface area contributed by atoms with Crippen molar-refractivity contribution in [2.24, 2.45) is 0 Å². The summed E-state index contributed by atoms with van der Waals surface area (Å²) in [5.74, 6) is 0. The van der Waals surface area contributed by atoms with Crippen molar-refractivity contribution in [1.29, 1.82) is 0 Å². The largest absolute Gasteiger partial charge is 0.310 e. The van der Waals surface area contributed by atoms with E-state index in [9.17, 15) is 0 Å². The van der Waals surface area contributed by atoms with Crippen LogP contribution in [-0.2, 0) is 5.41 Å². The fourth-order valence-electron chi connectivity index (χ4n) is 9.97. The summed E-state index contributed by atoms with van der Waals surface area (Å²) in [5, 5.41) is 2.40. The van der Waals surface area contributed by atoms with Crippen molar-refractivity contribution in [2.75, 3.05) is 4.90 Å².